The smallest absolute Gasteiger partial charge is 0.102 e. The number of hydrogen-bond donors (Lipinski definition) is 0. The lowest BCUT2D eigenvalue weighted by Gasteiger charge is -1.81. The van der Waals surface area contributed by atoms with Crippen LogP contribution in [-0.2, 0) is 0 Å². The summed E-state index contributed by atoms with van der Waals surface area (Å²) in [6.07, 6.45) is 2.47. The van der Waals surface area contributed by atoms with Crippen molar-refractivity contribution >= 4 is 11.4 Å². The van der Waals surface area contributed by atoms with E-state index in [1.165, 1.54) is 24.3 Å². The minimum Gasteiger partial charge on any atom is -0.102 e. The highest BCUT2D eigenvalue weighted by molar-refractivity contribution is 6.26. The van der Waals surface area contributed by atoms with Crippen LogP contribution >= 0.6 is 0 Å². The van der Waals surface area contributed by atoms with Gasteiger partial charge in [0, 0.05) is 6.42 Å². The molecule has 0 amide bonds. The van der Waals surface area contributed by atoms with E-state index in [9.17, 15) is 0 Å². The van der Waals surface area contributed by atoms with Gasteiger partial charge in [0.1, 0.15) is 0 Å². The van der Waals surface area contributed by atoms with Crippen molar-refractivity contribution in [1.82, 2.24) is 4.67 Å². The van der Waals surface area contributed by atoms with E-state index < -0.39 is 0 Å². The summed E-state index contributed by atoms with van der Waals surface area (Å²) in [4.78, 5) is 0. The van der Waals surface area contributed by atoms with Crippen LogP contribution in [0.4, 0.5) is 0 Å². The molecule has 0 N–H and O–H groups in total. The lowest BCUT2D eigenvalue weighted by molar-refractivity contribution is 1.10. The Morgan fingerprint density at radius 2 is 2.71 bits per heavy atom. The predicted octanol–water partition coefficient (Wildman–Crippen LogP) is 0.379. The molecule has 1 saturated carbocycles. The molecule has 0 spiro atoms. The first-order valence-corrected chi connectivity index (χ1v) is 2.85. The van der Waals surface area contributed by atoms with Gasteiger partial charge in [-0.3, -0.25) is 0 Å². The third-order valence-electron chi connectivity index (χ3n) is 1.71. The summed E-state index contributed by atoms with van der Waals surface area (Å²) in [5.74, 6) is 0.880. The van der Waals surface area contributed by atoms with Crippen LogP contribution < -0.4 is 4.67 Å². The Bertz CT molecular complexity index is 173. The van der Waals surface area contributed by atoms with Gasteiger partial charge in [-0.1, -0.05) is 6.92 Å². The molecular weight excluding hydrogens is 86.1 g/mol. The van der Waals surface area contributed by atoms with Crippen LogP contribution in [0.15, 0.2) is 0 Å². The Hall–Kier alpha value is -0.550. The van der Waals surface area contributed by atoms with Crippen molar-refractivity contribution in [2.24, 2.45) is 5.92 Å². The van der Waals surface area contributed by atoms with Crippen LogP contribution in [-0.4, -0.2) is 11.4 Å². The molecule has 1 aliphatic heterocycles. The molecule has 1 aliphatic carbocycles. The summed E-state index contributed by atoms with van der Waals surface area (Å²) in [5, 5.41) is 0. The zero-order chi connectivity index (χ0) is 4.85. The third-order valence-corrected chi connectivity index (χ3v) is 1.71. The van der Waals surface area contributed by atoms with Crippen molar-refractivity contribution < 1.29 is 0 Å². The van der Waals surface area contributed by atoms with Gasteiger partial charge in [-0.2, -0.15) is 0 Å². The molecule has 36 valence electrons. The fraction of sp³-hybridized carbons (Fsp3) is 0.667. The molecule has 0 saturated heterocycles. The molecule has 1 unspecified atom stereocenters. The van der Waals surface area contributed by atoms with Gasteiger partial charge in [-0.15, -0.1) is 4.67 Å². The summed E-state index contributed by atoms with van der Waals surface area (Å²) < 4.78 is 4.25. The maximum absolute atomic E-state index is 4.25. The van der Waals surface area contributed by atoms with E-state index in [-0.39, 0.29) is 0 Å². The van der Waals surface area contributed by atoms with Gasteiger partial charge in [0.15, 0.2) is 5.92 Å². The van der Waals surface area contributed by atoms with Crippen molar-refractivity contribution in [3.63, 3.8) is 0 Å². The van der Waals surface area contributed by atoms with Crippen molar-refractivity contribution in [2.75, 3.05) is 0 Å². The molecule has 1 fully saturated rings. The Balaban J connectivity index is 2.29. The molecule has 0 aromatic carbocycles. The number of nitrogens with zero attached hydrogens (tertiary/aromatic N) is 1. The number of hydrogen-bond acceptors (Lipinski definition) is 0. The summed E-state index contributed by atoms with van der Waals surface area (Å²) >= 11 is 0. The Labute approximate surface area is 42.8 Å². The minimum absolute atomic E-state index is 0.880. The monoisotopic (exact) mass is 94.1 g/mol. The third kappa shape index (κ3) is 0.272. The molecule has 2 aliphatic rings. The van der Waals surface area contributed by atoms with Crippen LogP contribution in [0.2, 0.25) is 0 Å². The predicted molar refractivity (Wildman–Crippen MR) is 30.5 cm³/mol. The topological polar surface area (TPSA) is 14.1 Å². The molecule has 1 heteroatoms. The Morgan fingerprint density at radius 1 is 1.86 bits per heavy atom. The molecule has 1 heterocycles. The van der Waals surface area contributed by atoms with E-state index in [0.29, 0.717) is 0 Å². The van der Waals surface area contributed by atoms with Gasteiger partial charge in [0.2, 0.25) is 0 Å². The summed E-state index contributed by atoms with van der Waals surface area (Å²) in [5.41, 5.74) is 2.90. The quantitative estimate of drug-likeness (QED) is 0.417. The standard InChI is InChI=1S/C6H8N/c1-2-5-4-3-6(4)7-5/h4H,2-3H2,1H3/q+1. The Kier molecular flexibility index (Phi) is 0.406. The zero-order valence-electron chi connectivity index (χ0n) is 4.44. The van der Waals surface area contributed by atoms with Gasteiger partial charge < -0.3 is 0 Å². The molecule has 7 heavy (non-hydrogen) atoms. The van der Waals surface area contributed by atoms with E-state index in [1.54, 1.807) is 0 Å². The molecule has 0 aromatic heterocycles. The van der Waals surface area contributed by atoms with E-state index in [0.717, 1.165) is 5.92 Å². The lowest BCUT2D eigenvalue weighted by atomic mass is 10.2. The number of rotatable bonds is 1. The van der Waals surface area contributed by atoms with Gasteiger partial charge >= 0.3 is 0 Å². The average molecular weight is 94.1 g/mol. The SMILES string of the molecule is CCC1=[N+]=C2CC12. The second-order valence-electron chi connectivity index (χ2n) is 2.20. The second-order valence-corrected chi connectivity index (χ2v) is 2.20. The Morgan fingerprint density at radius 3 is 2.86 bits per heavy atom. The summed E-state index contributed by atoms with van der Waals surface area (Å²) in [7, 11) is 0. The van der Waals surface area contributed by atoms with Crippen LogP contribution in [0.3, 0.4) is 0 Å². The van der Waals surface area contributed by atoms with Crippen molar-refractivity contribution in [1.29, 1.82) is 0 Å². The first-order valence-electron chi connectivity index (χ1n) is 2.85. The minimum atomic E-state index is 0.880. The molecular formula is C6H8N+. The normalized spacial score (nSPS) is 32.4. The van der Waals surface area contributed by atoms with Gasteiger partial charge in [0.25, 0.3) is 11.4 Å². The van der Waals surface area contributed by atoms with Gasteiger partial charge in [0.05, 0.1) is 6.42 Å². The molecule has 1 atom stereocenters. The van der Waals surface area contributed by atoms with Gasteiger partial charge in [-0.05, 0) is 0 Å². The molecule has 0 bridgehead atoms. The molecule has 0 radical (unpaired) electrons. The van der Waals surface area contributed by atoms with E-state index in [1.807, 2.05) is 0 Å². The largest absolute Gasteiger partial charge is 0.297 e. The zero-order valence-corrected chi connectivity index (χ0v) is 4.44. The van der Waals surface area contributed by atoms with Crippen molar-refractivity contribution in [3.05, 3.63) is 0 Å². The summed E-state index contributed by atoms with van der Waals surface area (Å²) in [6.45, 7) is 2.17. The lowest BCUT2D eigenvalue weighted by Crippen LogP contribution is -2.14. The van der Waals surface area contributed by atoms with E-state index >= 15 is 0 Å². The first-order chi connectivity index (χ1) is 3.42. The first kappa shape index (κ1) is 3.45. The van der Waals surface area contributed by atoms with Crippen LogP contribution in [0.25, 0.3) is 0 Å². The maximum atomic E-state index is 4.25. The fourth-order valence-electron chi connectivity index (χ4n) is 1.11. The van der Waals surface area contributed by atoms with Crippen molar-refractivity contribution in [2.45, 2.75) is 19.8 Å². The van der Waals surface area contributed by atoms with Crippen LogP contribution in [0, 0.1) is 5.92 Å². The number of fused-ring (bicyclic) bond motifs is 1. The molecule has 1 nitrogen and oxygen atoms in total. The highest BCUT2D eigenvalue weighted by Crippen LogP contribution is 2.30. The van der Waals surface area contributed by atoms with Crippen LogP contribution in [0.1, 0.15) is 19.8 Å². The molecule has 2 rings (SSSR count). The highest BCUT2D eigenvalue weighted by Gasteiger charge is 2.57. The van der Waals surface area contributed by atoms with Crippen molar-refractivity contribution in [3.8, 4) is 0 Å². The summed E-state index contributed by atoms with van der Waals surface area (Å²) in [6, 6.07) is 0. The van der Waals surface area contributed by atoms with Gasteiger partial charge in [-0.25, -0.2) is 0 Å². The fourth-order valence-corrected chi connectivity index (χ4v) is 1.11. The average Bonchev–Trinajstić information content (AvgIpc) is 2.18. The van der Waals surface area contributed by atoms with E-state index in [4.69, 9.17) is 0 Å². The maximum Gasteiger partial charge on any atom is 0.297 e. The molecule has 0 aromatic rings. The second kappa shape index (κ2) is 0.823. The van der Waals surface area contributed by atoms with Crippen LogP contribution in [0.5, 0.6) is 0 Å². The van der Waals surface area contributed by atoms with E-state index in [2.05, 4.69) is 11.6 Å². The highest BCUT2D eigenvalue weighted by atomic mass is 14.8.